The second-order valence-corrected chi connectivity index (χ2v) is 5.26. The Morgan fingerprint density at radius 2 is 1.95 bits per heavy atom. The van der Waals surface area contributed by atoms with E-state index in [0.29, 0.717) is 6.54 Å². The van der Waals surface area contributed by atoms with Crippen molar-refractivity contribution in [2.45, 2.75) is 13.5 Å². The minimum absolute atomic E-state index is 0.683. The molecule has 3 nitrogen and oxygen atoms in total. The van der Waals surface area contributed by atoms with Gasteiger partial charge in [0.15, 0.2) is 0 Å². The zero-order valence-electron chi connectivity index (χ0n) is 11.5. The third-order valence-electron chi connectivity index (χ3n) is 3.55. The molecule has 2 aromatic carbocycles. The summed E-state index contributed by atoms with van der Waals surface area (Å²) in [7, 11) is 1.97. The van der Waals surface area contributed by atoms with Crippen molar-refractivity contribution in [2.24, 2.45) is 7.05 Å². The van der Waals surface area contributed by atoms with Crippen LogP contribution in [0.1, 0.15) is 11.3 Å². The largest absolute Gasteiger partial charge is 0.379 e. The van der Waals surface area contributed by atoms with E-state index in [1.165, 1.54) is 5.39 Å². The highest BCUT2D eigenvalue weighted by molar-refractivity contribution is 6.31. The molecule has 4 heteroatoms. The summed E-state index contributed by atoms with van der Waals surface area (Å²) >= 11 is 6.14. The van der Waals surface area contributed by atoms with Gasteiger partial charge < -0.3 is 5.32 Å². The number of aromatic nitrogens is 2. The number of halogens is 1. The van der Waals surface area contributed by atoms with Crippen LogP contribution in [0.2, 0.25) is 5.02 Å². The van der Waals surface area contributed by atoms with Gasteiger partial charge in [-0.15, -0.1) is 0 Å². The monoisotopic (exact) mass is 285 g/mol. The van der Waals surface area contributed by atoms with Gasteiger partial charge in [0.2, 0.25) is 0 Å². The second-order valence-electron chi connectivity index (χ2n) is 4.85. The van der Waals surface area contributed by atoms with Gasteiger partial charge in [0.1, 0.15) is 0 Å². The Hall–Kier alpha value is -2.00. The van der Waals surface area contributed by atoms with Gasteiger partial charge in [0.25, 0.3) is 0 Å². The average molecular weight is 286 g/mol. The van der Waals surface area contributed by atoms with E-state index in [2.05, 4.69) is 22.5 Å². The summed E-state index contributed by atoms with van der Waals surface area (Å²) in [4.78, 5) is 0. The SMILES string of the molecule is Cc1c(Cl)cccc1NCc1nn(C)c2ccccc12. The van der Waals surface area contributed by atoms with Gasteiger partial charge in [-0.2, -0.15) is 5.10 Å². The highest BCUT2D eigenvalue weighted by Gasteiger charge is 2.08. The van der Waals surface area contributed by atoms with E-state index in [9.17, 15) is 0 Å². The predicted octanol–water partition coefficient (Wildman–Crippen LogP) is 4.15. The maximum atomic E-state index is 6.14. The van der Waals surface area contributed by atoms with Crippen molar-refractivity contribution in [1.29, 1.82) is 0 Å². The molecular formula is C16H16ClN3. The number of para-hydroxylation sites is 1. The topological polar surface area (TPSA) is 29.9 Å². The van der Waals surface area contributed by atoms with E-state index in [4.69, 9.17) is 11.6 Å². The lowest BCUT2D eigenvalue weighted by Gasteiger charge is -2.09. The van der Waals surface area contributed by atoms with Crippen molar-refractivity contribution in [3.63, 3.8) is 0 Å². The van der Waals surface area contributed by atoms with Crippen LogP contribution in [0.25, 0.3) is 10.9 Å². The molecule has 102 valence electrons. The van der Waals surface area contributed by atoms with E-state index in [1.807, 2.05) is 49.0 Å². The first kappa shape index (κ1) is 13.0. The Labute approximate surface area is 123 Å². The van der Waals surface area contributed by atoms with Crippen LogP contribution in [-0.4, -0.2) is 9.78 Å². The summed E-state index contributed by atoms with van der Waals surface area (Å²) in [6, 6.07) is 14.1. The van der Waals surface area contributed by atoms with Gasteiger partial charge in [-0.25, -0.2) is 0 Å². The fourth-order valence-electron chi connectivity index (χ4n) is 2.40. The zero-order chi connectivity index (χ0) is 14.1. The third-order valence-corrected chi connectivity index (χ3v) is 3.96. The summed E-state index contributed by atoms with van der Waals surface area (Å²) in [5.41, 5.74) is 4.30. The number of hydrogen-bond donors (Lipinski definition) is 1. The van der Waals surface area contributed by atoms with Gasteiger partial charge in [-0.1, -0.05) is 35.9 Å². The Morgan fingerprint density at radius 3 is 2.80 bits per heavy atom. The van der Waals surface area contributed by atoms with Crippen LogP contribution in [0.3, 0.4) is 0 Å². The van der Waals surface area contributed by atoms with Gasteiger partial charge >= 0.3 is 0 Å². The van der Waals surface area contributed by atoms with Crippen LogP contribution in [0.5, 0.6) is 0 Å². The molecule has 0 amide bonds. The lowest BCUT2D eigenvalue weighted by molar-refractivity contribution is 0.771. The van der Waals surface area contributed by atoms with Crippen LogP contribution in [-0.2, 0) is 13.6 Å². The predicted molar refractivity (Wildman–Crippen MR) is 84.2 cm³/mol. The molecule has 0 aliphatic heterocycles. The minimum atomic E-state index is 0.683. The van der Waals surface area contributed by atoms with Crippen molar-refractivity contribution < 1.29 is 0 Å². The average Bonchev–Trinajstić information content (AvgIpc) is 2.78. The van der Waals surface area contributed by atoms with Gasteiger partial charge in [0.05, 0.1) is 17.8 Å². The summed E-state index contributed by atoms with van der Waals surface area (Å²) in [5.74, 6) is 0. The maximum absolute atomic E-state index is 6.14. The molecule has 0 fully saturated rings. The van der Waals surface area contributed by atoms with Crippen molar-refractivity contribution in [3.05, 3.63) is 58.7 Å². The molecule has 0 unspecified atom stereocenters. The number of fused-ring (bicyclic) bond motifs is 1. The third kappa shape index (κ3) is 2.25. The molecule has 20 heavy (non-hydrogen) atoms. The Morgan fingerprint density at radius 1 is 1.15 bits per heavy atom. The highest BCUT2D eigenvalue weighted by Crippen LogP contribution is 2.24. The first-order chi connectivity index (χ1) is 9.66. The molecule has 1 N–H and O–H groups in total. The number of hydrogen-bond acceptors (Lipinski definition) is 2. The molecule has 0 atom stereocenters. The number of benzene rings is 2. The van der Waals surface area contributed by atoms with Crippen molar-refractivity contribution in [1.82, 2.24) is 9.78 Å². The molecule has 1 heterocycles. The van der Waals surface area contributed by atoms with E-state index in [-0.39, 0.29) is 0 Å². The van der Waals surface area contributed by atoms with E-state index in [0.717, 1.165) is 27.5 Å². The number of anilines is 1. The first-order valence-corrected chi connectivity index (χ1v) is 6.94. The molecular weight excluding hydrogens is 270 g/mol. The second kappa shape index (κ2) is 5.17. The van der Waals surface area contributed by atoms with Gasteiger partial charge in [-0.3, -0.25) is 4.68 Å². The lowest BCUT2D eigenvalue weighted by atomic mass is 10.2. The van der Waals surface area contributed by atoms with Crippen molar-refractivity contribution in [2.75, 3.05) is 5.32 Å². The Bertz CT molecular complexity index is 762. The molecule has 0 saturated carbocycles. The summed E-state index contributed by atoms with van der Waals surface area (Å²) in [6.45, 7) is 2.70. The fraction of sp³-hybridized carbons (Fsp3) is 0.188. The molecule has 1 aromatic heterocycles. The quantitative estimate of drug-likeness (QED) is 0.783. The number of aryl methyl sites for hydroxylation is 1. The molecule has 3 aromatic rings. The molecule has 0 radical (unpaired) electrons. The maximum Gasteiger partial charge on any atom is 0.0894 e. The number of nitrogens with zero attached hydrogens (tertiary/aromatic N) is 2. The van der Waals surface area contributed by atoms with Gasteiger partial charge in [-0.05, 0) is 30.7 Å². The fourth-order valence-corrected chi connectivity index (χ4v) is 2.57. The molecule has 0 bridgehead atoms. The van der Waals surface area contributed by atoms with E-state index >= 15 is 0 Å². The molecule has 0 spiro atoms. The molecule has 0 aliphatic rings. The summed E-state index contributed by atoms with van der Waals surface area (Å²) in [5, 5.41) is 9.95. The van der Waals surface area contributed by atoms with Crippen molar-refractivity contribution >= 4 is 28.2 Å². The minimum Gasteiger partial charge on any atom is -0.379 e. The summed E-state index contributed by atoms with van der Waals surface area (Å²) < 4.78 is 1.91. The highest BCUT2D eigenvalue weighted by atomic mass is 35.5. The molecule has 0 aliphatic carbocycles. The molecule has 3 rings (SSSR count). The van der Waals surface area contributed by atoms with Crippen LogP contribution in [0.15, 0.2) is 42.5 Å². The van der Waals surface area contributed by atoms with Crippen LogP contribution in [0.4, 0.5) is 5.69 Å². The summed E-state index contributed by atoms with van der Waals surface area (Å²) in [6.07, 6.45) is 0. The standard InChI is InChI=1S/C16H16ClN3/c1-11-13(17)7-5-8-14(11)18-10-15-12-6-3-4-9-16(12)20(2)19-15/h3-9,18H,10H2,1-2H3. The first-order valence-electron chi connectivity index (χ1n) is 6.56. The normalized spacial score (nSPS) is 10.9. The Balaban J connectivity index is 1.89. The van der Waals surface area contributed by atoms with Crippen LogP contribution < -0.4 is 5.32 Å². The smallest absolute Gasteiger partial charge is 0.0894 e. The number of nitrogens with one attached hydrogen (secondary N) is 1. The van der Waals surface area contributed by atoms with Crippen molar-refractivity contribution in [3.8, 4) is 0 Å². The van der Waals surface area contributed by atoms with E-state index < -0.39 is 0 Å². The van der Waals surface area contributed by atoms with E-state index in [1.54, 1.807) is 0 Å². The molecule has 0 saturated heterocycles. The Kier molecular flexibility index (Phi) is 3.36. The van der Waals surface area contributed by atoms with Crippen LogP contribution >= 0.6 is 11.6 Å². The zero-order valence-corrected chi connectivity index (χ0v) is 12.3. The number of rotatable bonds is 3. The van der Waals surface area contributed by atoms with Gasteiger partial charge in [0, 0.05) is 23.1 Å². The lowest BCUT2D eigenvalue weighted by Crippen LogP contribution is -2.03. The van der Waals surface area contributed by atoms with Crippen LogP contribution in [0, 0.1) is 6.92 Å².